The van der Waals surface area contributed by atoms with Crippen LogP contribution in [0.25, 0.3) is 0 Å². The third kappa shape index (κ3) is 4.94. The number of aryl methyl sites for hydroxylation is 2. The van der Waals surface area contributed by atoms with Gasteiger partial charge in [0.05, 0.1) is 0 Å². The first-order valence-corrected chi connectivity index (χ1v) is 10.7. The zero-order chi connectivity index (χ0) is 22.7. The van der Waals surface area contributed by atoms with Crippen LogP contribution in [0.4, 0.5) is 17.3 Å². The molecule has 1 fully saturated rings. The monoisotopic (exact) mass is 429 g/mol. The third-order valence-corrected chi connectivity index (χ3v) is 5.58. The normalized spacial score (nSPS) is 13.7. The summed E-state index contributed by atoms with van der Waals surface area (Å²) in [7, 11) is 0. The van der Waals surface area contributed by atoms with E-state index >= 15 is 0 Å². The van der Waals surface area contributed by atoms with Crippen molar-refractivity contribution in [2.75, 3.05) is 36.4 Å². The van der Waals surface area contributed by atoms with Gasteiger partial charge in [0.25, 0.3) is 5.91 Å². The second-order valence-electron chi connectivity index (χ2n) is 8.06. The molecule has 2 heterocycles. The molecular weight excluding hydrogens is 402 g/mol. The molecule has 7 nitrogen and oxygen atoms in total. The van der Waals surface area contributed by atoms with Crippen molar-refractivity contribution in [1.82, 2.24) is 14.9 Å². The van der Waals surface area contributed by atoms with Crippen LogP contribution in [0.3, 0.4) is 0 Å². The minimum Gasteiger partial charge on any atom is -0.353 e. The van der Waals surface area contributed by atoms with E-state index in [1.807, 2.05) is 30.0 Å². The highest BCUT2D eigenvalue weighted by Gasteiger charge is 2.23. The zero-order valence-corrected chi connectivity index (χ0v) is 18.6. The first kappa shape index (κ1) is 21.5. The lowest BCUT2D eigenvalue weighted by Gasteiger charge is -2.35. The van der Waals surface area contributed by atoms with Crippen molar-refractivity contribution in [3.8, 4) is 0 Å². The molecule has 7 heteroatoms. The molecule has 3 aromatic rings. The average Bonchev–Trinajstić information content (AvgIpc) is 2.80. The van der Waals surface area contributed by atoms with Gasteiger partial charge < -0.3 is 15.1 Å². The highest BCUT2D eigenvalue weighted by molar-refractivity contribution is 5.97. The van der Waals surface area contributed by atoms with Crippen LogP contribution in [-0.2, 0) is 0 Å². The fraction of sp³-hybridized carbons (Fsp3) is 0.280. The quantitative estimate of drug-likeness (QED) is 0.618. The number of hydrogen-bond acceptors (Lipinski definition) is 6. The van der Waals surface area contributed by atoms with Crippen molar-refractivity contribution in [2.24, 2.45) is 0 Å². The Kier molecular flexibility index (Phi) is 6.16. The van der Waals surface area contributed by atoms with Gasteiger partial charge in [-0.25, -0.2) is 9.97 Å². The molecule has 0 spiro atoms. The maximum atomic E-state index is 12.8. The van der Waals surface area contributed by atoms with Gasteiger partial charge in [0.2, 0.25) is 0 Å². The Balaban J connectivity index is 1.41. The average molecular weight is 430 g/mol. The van der Waals surface area contributed by atoms with E-state index in [-0.39, 0.29) is 11.7 Å². The van der Waals surface area contributed by atoms with Crippen molar-refractivity contribution < 1.29 is 9.59 Å². The van der Waals surface area contributed by atoms with Gasteiger partial charge in [-0.1, -0.05) is 29.8 Å². The minimum absolute atomic E-state index is 0.00556. The predicted octanol–water partition coefficient (Wildman–Crippen LogP) is 4.00. The molecule has 1 aliphatic rings. The van der Waals surface area contributed by atoms with Gasteiger partial charge in [-0.3, -0.25) is 9.59 Å². The van der Waals surface area contributed by atoms with Crippen LogP contribution >= 0.6 is 0 Å². The van der Waals surface area contributed by atoms with E-state index in [9.17, 15) is 9.59 Å². The molecule has 164 valence electrons. The summed E-state index contributed by atoms with van der Waals surface area (Å²) in [6.07, 6.45) is 0. The Hall–Kier alpha value is -3.74. The molecule has 1 saturated heterocycles. The molecule has 1 aromatic heterocycles. The summed E-state index contributed by atoms with van der Waals surface area (Å²) < 4.78 is 0. The fourth-order valence-corrected chi connectivity index (χ4v) is 3.73. The second-order valence-corrected chi connectivity index (χ2v) is 8.06. The highest BCUT2D eigenvalue weighted by Crippen LogP contribution is 2.22. The van der Waals surface area contributed by atoms with Gasteiger partial charge in [-0.05, 0) is 45.0 Å². The van der Waals surface area contributed by atoms with Crippen LogP contribution in [0, 0.1) is 13.8 Å². The summed E-state index contributed by atoms with van der Waals surface area (Å²) in [5.74, 6) is 2.28. The molecule has 0 unspecified atom stereocenters. The van der Waals surface area contributed by atoms with Gasteiger partial charge in [0, 0.05) is 49.1 Å². The van der Waals surface area contributed by atoms with E-state index < -0.39 is 0 Å². The minimum atomic E-state index is -0.0136. The molecule has 0 radical (unpaired) electrons. The van der Waals surface area contributed by atoms with Crippen LogP contribution in [-0.4, -0.2) is 52.7 Å². The number of carbonyl (C=O) groups excluding carboxylic acids is 2. The summed E-state index contributed by atoms with van der Waals surface area (Å²) in [5, 5.41) is 3.35. The Bertz CT molecular complexity index is 1120. The molecule has 1 amide bonds. The molecule has 32 heavy (non-hydrogen) atoms. The first-order chi connectivity index (χ1) is 15.4. The zero-order valence-electron chi connectivity index (χ0n) is 18.6. The number of carbonyl (C=O) groups is 2. The molecule has 0 atom stereocenters. The van der Waals surface area contributed by atoms with Crippen LogP contribution < -0.4 is 10.2 Å². The lowest BCUT2D eigenvalue weighted by Crippen LogP contribution is -2.49. The third-order valence-electron chi connectivity index (χ3n) is 5.58. The standard InChI is InChI=1S/C25H27N5O2/c1-17-4-10-22(11-5-17)28-23-16-24(27-19(3)26-23)29-12-14-30(15-13-29)25(32)21-8-6-20(7-9-21)18(2)31/h4-11,16H,12-15H2,1-3H3,(H,26,27,28). The van der Waals surface area contributed by atoms with E-state index in [1.54, 1.807) is 24.3 Å². The second kappa shape index (κ2) is 9.18. The summed E-state index contributed by atoms with van der Waals surface area (Å²) in [6.45, 7) is 8.06. The van der Waals surface area contributed by atoms with Gasteiger partial charge in [-0.15, -0.1) is 0 Å². The number of anilines is 3. The molecule has 0 saturated carbocycles. The number of piperazine rings is 1. The van der Waals surface area contributed by atoms with Gasteiger partial charge in [0.15, 0.2) is 5.78 Å². The lowest BCUT2D eigenvalue weighted by atomic mass is 10.1. The lowest BCUT2D eigenvalue weighted by molar-refractivity contribution is 0.0746. The Morgan fingerprint density at radius 2 is 1.47 bits per heavy atom. The number of Topliss-reactive ketones (excluding diaryl/α,β-unsaturated/α-hetero) is 1. The molecule has 0 aliphatic carbocycles. The van der Waals surface area contributed by atoms with Crippen molar-refractivity contribution in [3.05, 3.63) is 77.1 Å². The summed E-state index contributed by atoms with van der Waals surface area (Å²) in [6, 6.07) is 17.0. The first-order valence-electron chi connectivity index (χ1n) is 10.7. The van der Waals surface area contributed by atoms with Crippen LogP contribution in [0.1, 0.15) is 39.0 Å². The van der Waals surface area contributed by atoms with E-state index in [0.29, 0.717) is 43.1 Å². The van der Waals surface area contributed by atoms with Crippen molar-refractivity contribution >= 4 is 29.0 Å². The summed E-state index contributed by atoms with van der Waals surface area (Å²) in [5.41, 5.74) is 3.40. The number of rotatable bonds is 5. The van der Waals surface area contributed by atoms with Crippen LogP contribution in [0.5, 0.6) is 0 Å². The number of hydrogen-bond donors (Lipinski definition) is 1. The highest BCUT2D eigenvalue weighted by atomic mass is 16.2. The number of aromatic nitrogens is 2. The number of nitrogens with zero attached hydrogens (tertiary/aromatic N) is 4. The Morgan fingerprint density at radius 1 is 0.844 bits per heavy atom. The molecule has 1 aliphatic heterocycles. The van der Waals surface area contributed by atoms with E-state index in [4.69, 9.17) is 0 Å². The van der Waals surface area contributed by atoms with Gasteiger partial charge in [-0.2, -0.15) is 0 Å². The van der Waals surface area contributed by atoms with Crippen LogP contribution in [0.2, 0.25) is 0 Å². The predicted molar refractivity (Wildman–Crippen MR) is 126 cm³/mol. The SMILES string of the molecule is CC(=O)c1ccc(C(=O)N2CCN(c3cc(Nc4ccc(C)cc4)nc(C)n3)CC2)cc1. The summed E-state index contributed by atoms with van der Waals surface area (Å²) in [4.78, 5) is 37.4. The molecule has 4 rings (SSSR count). The van der Waals surface area contributed by atoms with Crippen molar-refractivity contribution in [1.29, 1.82) is 0 Å². The number of ketones is 1. The Morgan fingerprint density at radius 3 is 2.09 bits per heavy atom. The van der Waals surface area contributed by atoms with Gasteiger partial charge >= 0.3 is 0 Å². The smallest absolute Gasteiger partial charge is 0.253 e. The maximum absolute atomic E-state index is 12.8. The number of benzene rings is 2. The van der Waals surface area contributed by atoms with Crippen LogP contribution in [0.15, 0.2) is 54.6 Å². The van der Waals surface area contributed by atoms with Gasteiger partial charge in [0.1, 0.15) is 17.5 Å². The maximum Gasteiger partial charge on any atom is 0.253 e. The van der Waals surface area contributed by atoms with E-state index in [0.717, 1.165) is 17.3 Å². The Labute approximate surface area is 188 Å². The molecule has 2 aromatic carbocycles. The molecular formula is C25H27N5O2. The van der Waals surface area contributed by atoms with E-state index in [1.165, 1.54) is 12.5 Å². The number of nitrogens with one attached hydrogen (secondary N) is 1. The van der Waals surface area contributed by atoms with Crippen molar-refractivity contribution in [3.63, 3.8) is 0 Å². The molecule has 0 bridgehead atoms. The number of amides is 1. The fourth-order valence-electron chi connectivity index (χ4n) is 3.73. The van der Waals surface area contributed by atoms with Crippen molar-refractivity contribution in [2.45, 2.75) is 20.8 Å². The summed E-state index contributed by atoms with van der Waals surface area (Å²) >= 11 is 0. The topological polar surface area (TPSA) is 78.4 Å². The molecule has 1 N–H and O–H groups in total. The largest absolute Gasteiger partial charge is 0.353 e. The van der Waals surface area contributed by atoms with E-state index in [2.05, 4.69) is 39.2 Å².